The molecule has 2 N–H and O–H groups in total. The van der Waals surface area contributed by atoms with E-state index in [-0.39, 0.29) is 24.5 Å². The zero-order valence-corrected chi connectivity index (χ0v) is 13.8. The SMILES string of the molecule is CC1CCC(n2c(=O)c(F)cn([C@H]3C[C@H](O)[C@@H](CO)O3)c2=O)C(=O)C1. The molecule has 25 heavy (non-hydrogen) atoms. The molecule has 0 radical (unpaired) electrons. The van der Waals surface area contributed by atoms with E-state index in [9.17, 15) is 23.9 Å². The van der Waals surface area contributed by atoms with E-state index in [0.29, 0.717) is 17.4 Å². The van der Waals surface area contributed by atoms with Crippen molar-refractivity contribution < 1.29 is 24.1 Å². The number of aromatic nitrogens is 2. The highest BCUT2D eigenvalue weighted by molar-refractivity contribution is 5.83. The molecule has 1 aromatic heterocycles. The number of ketones is 1. The first kappa shape index (κ1) is 18.0. The van der Waals surface area contributed by atoms with Crippen LogP contribution in [0.15, 0.2) is 15.8 Å². The Morgan fingerprint density at radius 3 is 2.64 bits per heavy atom. The maximum Gasteiger partial charge on any atom is 0.333 e. The van der Waals surface area contributed by atoms with Crippen molar-refractivity contribution in [3.8, 4) is 0 Å². The second kappa shape index (κ2) is 6.81. The van der Waals surface area contributed by atoms with Crippen LogP contribution in [-0.2, 0) is 9.53 Å². The fraction of sp³-hybridized carbons (Fsp3) is 0.688. The fourth-order valence-electron chi connectivity index (χ4n) is 3.55. The third-order valence-electron chi connectivity index (χ3n) is 4.96. The minimum Gasteiger partial charge on any atom is -0.394 e. The Morgan fingerprint density at radius 1 is 1.32 bits per heavy atom. The maximum absolute atomic E-state index is 14.1. The van der Waals surface area contributed by atoms with Crippen LogP contribution in [-0.4, -0.2) is 43.9 Å². The molecule has 5 atom stereocenters. The first-order chi connectivity index (χ1) is 11.8. The van der Waals surface area contributed by atoms with Gasteiger partial charge in [0.15, 0.2) is 5.78 Å². The zero-order valence-electron chi connectivity index (χ0n) is 13.8. The van der Waals surface area contributed by atoms with Crippen LogP contribution in [0.3, 0.4) is 0 Å². The Kier molecular flexibility index (Phi) is 4.90. The van der Waals surface area contributed by atoms with Crippen molar-refractivity contribution in [1.29, 1.82) is 0 Å². The van der Waals surface area contributed by atoms with Crippen LogP contribution in [0.4, 0.5) is 4.39 Å². The van der Waals surface area contributed by atoms with Gasteiger partial charge in [0.1, 0.15) is 18.4 Å². The molecule has 0 aromatic carbocycles. The molecule has 1 saturated carbocycles. The van der Waals surface area contributed by atoms with Gasteiger partial charge < -0.3 is 14.9 Å². The molecule has 0 spiro atoms. The Labute approximate surface area is 142 Å². The average molecular weight is 356 g/mol. The number of carbonyl (C=O) groups excluding carboxylic acids is 1. The quantitative estimate of drug-likeness (QED) is 0.771. The Balaban J connectivity index is 2.03. The Morgan fingerprint density at radius 2 is 2.04 bits per heavy atom. The van der Waals surface area contributed by atoms with E-state index in [1.807, 2.05) is 6.92 Å². The summed E-state index contributed by atoms with van der Waals surface area (Å²) in [5.74, 6) is -1.28. The molecule has 2 fully saturated rings. The van der Waals surface area contributed by atoms with E-state index in [4.69, 9.17) is 9.84 Å². The van der Waals surface area contributed by atoms with Crippen LogP contribution in [0.1, 0.15) is 44.9 Å². The minimum atomic E-state index is -1.17. The number of aliphatic hydroxyl groups excluding tert-OH is 2. The van der Waals surface area contributed by atoms with Gasteiger partial charge in [0, 0.05) is 12.8 Å². The van der Waals surface area contributed by atoms with Gasteiger partial charge >= 0.3 is 5.69 Å². The monoisotopic (exact) mass is 356 g/mol. The van der Waals surface area contributed by atoms with Crippen molar-refractivity contribution in [3.63, 3.8) is 0 Å². The smallest absolute Gasteiger partial charge is 0.333 e. The summed E-state index contributed by atoms with van der Waals surface area (Å²) in [6.07, 6.45) is -1.03. The van der Waals surface area contributed by atoms with Crippen molar-refractivity contribution in [1.82, 2.24) is 9.13 Å². The fourth-order valence-corrected chi connectivity index (χ4v) is 3.55. The molecule has 1 aliphatic heterocycles. The van der Waals surface area contributed by atoms with Gasteiger partial charge in [0.05, 0.1) is 18.9 Å². The predicted octanol–water partition coefficient (Wildman–Crippen LogP) is -0.280. The zero-order chi connectivity index (χ0) is 18.3. The lowest BCUT2D eigenvalue weighted by molar-refractivity contribution is -0.125. The van der Waals surface area contributed by atoms with Crippen molar-refractivity contribution in [3.05, 3.63) is 32.9 Å². The number of ether oxygens (including phenoxy) is 1. The summed E-state index contributed by atoms with van der Waals surface area (Å²) in [5, 5.41) is 18.9. The van der Waals surface area contributed by atoms with Crippen LogP contribution >= 0.6 is 0 Å². The highest BCUT2D eigenvalue weighted by Crippen LogP contribution is 2.29. The Hall–Kier alpha value is -1.84. The van der Waals surface area contributed by atoms with Crippen LogP contribution in [0.25, 0.3) is 0 Å². The van der Waals surface area contributed by atoms with E-state index >= 15 is 0 Å². The molecule has 138 valence electrons. The van der Waals surface area contributed by atoms with Gasteiger partial charge in [-0.1, -0.05) is 6.92 Å². The van der Waals surface area contributed by atoms with Gasteiger partial charge in [-0.05, 0) is 18.8 Å². The second-order valence-electron chi connectivity index (χ2n) is 6.83. The number of halogens is 1. The highest BCUT2D eigenvalue weighted by atomic mass is 19.1. The molecule has 0 bridgehead atoms. The van der Waals surface area contributed by atoms with Gasteiger partial charge in [-0.25, -0.2) is 9.36 Å². The van der Waals surface area contributed by atoms with E-state index in [1.165, 1.54) is 0 Å². The van der Waals surface area contributed by atoms with Gasteiger partial charge in [-0.15, -0.1) is 0 Å². The number of Topliss-reactive ketones (excluding diaryl/α,β-unsaturated/α-hetero) is 1. The molecule has 2 unspecified atom stereocenters. The molecule has 1 aromatic rings. The average Bonchev–Trinajstić information content (AvgIpc) is 2.93. The number of carbonyl (C=O) groups is 1. The van der Waals surface area contributed by atoms with Gasteiger partial charge in [0.2, 0.25) is 5.82 Å². The summed E-state index contributed by atoms with van der Waals surface area (Å²) < 4.78 is 21.0. The molecule has 8 nitrogen and oxygen atoms in total. The highest BCUT2D eigenvalue weighted by Gasteiger charge is 2.37. The maximum atomic E-state index is 14.1. The molecular weight excluding hydrogens is 335 g/mol. The van der Waals surface area contributed by atoms with Gasteiger partial charge in [-0.3, -0.25) is 14.2 Å². The third kappa shape index (κ3) is 3.19. The lowest BCUT2D eigenvalue weighted by Gasteiger charge is -2.27. The van der Waals surface area contributed by atoms with E-state index in [2.05, 4.69) is 0 Å². The standard InChI is InChI=1S/C16H21FN2O6/c1-8-2-3-10(11(21)4-8)19-15(23)9(17)6-18(16(19)24)14-5-12(22)13(7-20)25-14/h6,8,10,12-14,20,22H,2-5,7H2,1H3/t8?,10?,12-,13+,14+/m0/s1. The number of hydrogen-bond acceptors (Lipinski definition) is 6. The minimum absolute atomic E-state index is 0.0293. The summed E-state index contributed by atoms with van der Waals surface area (Å²) in [6.45, 7) is 1.46. The Bertz CT molecular complexity index is 788. The lowest BCUT2D eigenvalue weighted by Crippen LogP contribution is -2.47. The molecule has 2 heterocycles. The molecule has 2 aliphatic rings. The lowest BCUT2D eigenvalue weighted by atomic mass is 9.86. The van der Waals surface area contributed by atoms with Gasteiger partial charge in [0.25, 0.3) is 5.56 Å². The summed E-state index contributed by atoms with van der Waals surface area (Å²) >= 11 is 0. The first-order valence-corrected chi connectivity index (χ1v) is 8.33. The number of rotatable bonds is 3. The predicted molar refractivity (Wildman–Crippen MR) is 83.6 cm³/mol. The molecule has 9 heteroatoms. The van der Waals surface area contributed by atoms with E-state index in [1.54, 1.807) is 0 Å². The van der Waals surface area contributed by atoms with Crippen LogP contribution in [0.2, 0.25) is 0 Å². The number of aliphatic hydroxyl groups is 2. The van der Waals surface area contributed by atoms with E-state index in [0.717, 1.165) is 10.8 Å². The normalized spacial score (nSPS) is 33.0. The van der Waals surface area contributed by atoms with E-state index < -0.39 is 48.2 Å². The summed E-state index contributed by atoms with van der Waals surface area (Å²) in [7, 11) is 0. The third-order valence-corrected chi connectivity index (χ3v) is 4.96. The van der Waals surface area contributed by atoms with Crippen LogP contribution in [0, 0.1) is 11.7 Å². The van der Waals surface area contributed by atoms with Crippen molar-refractivity contribution >= 4 is 5.78 Å². The summed E-state index contributed by atoms with van der Waals surface area (Å²) in [5.41, 5.74) is -1.98. The first-order valence-electron chi connectivity index (χ1n) is 8.33. The topological polar surface area (TPSA) is 111 Å². The largest absolute Gasteiger partial charge is 0.394 e. The molecule has 3 rings (SSSR count). The van der Waals surface area contributed by atoms with Crippen molar-refractivity contribution in [2.75, 3.05) is 6.61 Å². The molecule has 0 amide bonds. The van der Waals surface area contributed by atoms with Crippen molar-refractivity contribution in [2.24, 2.45) is 5.92 Å². The number of hydrogen-bond donors (Lipinski definition) is 2. The van der Waals surface area contributed by atoms with Crippen LogP contribution in [0.5, 0.6) is 0 Å². The van der Waals surface area contributed by atoms with Crippen molar-refractivity contribution in [2.45, 2.75) is 57.1 Å². The van der Waals surface area contributed by atoms with Gasteiger partial charge in [-0.2, -0.15) is 4.39 Å². The molecule has 1 saturated heterocycles. The summed E-state index contributed by atoms with van der Waals surface area (Å²) in [4.78, 5) is 37.2. The second-order valence-corrected chi connectivity index (χ2v) is 6.83. The molecule has 1 aliphatic carbocycles. The summed E-state index contributed by atoms with van der Waals surface area (Å²) in [6, 6.07) is -0.988. The van der Waals surface area contributed by atoms with Crippen LogP contribution < -0.4 is 11.2 Å². The molecular formula is C16H21FN2O6. The number of nitrogens with zero attached hydrogens (tertiary/aromatic N) is 2.